The van der Waals surface area contributed by atoms with Gasteiger partial charge in [0.2, 0.25) is 0 Å². The summed E-state index contributed by atoms with van der Waals surface area (Å²) in [5, 5.41) is 1.12. The number of para-hydroxylation sites is 1. The number of fused-ring (bicyclic) bond motifs is 1. The highest BCUT2D eigenvalue weighted by Gasteiger charge is 2.16. The summed E-state index contributed by atoms with van der Waals surface area (Å²) < 4.78 is 0. The van der Waals surface area contributed by atoms with Crippen molar-refractivity contribution < 1.29 is 0 Å². The maximum absolute atomic E-state index is 5.84. The van der Waals surface area contributed by atoms with Crippen LogP contribution < -0.4 is 11.3 Å². The zero-order valence-corrected chi connectivity index (χ0v) is 12.3. The normalized spacial score (nSPS) is 12.5. The summed E-state index contributed by atoms with van der Waals surface area (Å²) in [6.07, 6.45) is 1.82. The molecule has 1 unspecified atom stereocenters. The van der Waals surface area contributed by atoms with Crippen LogP contribution in [0, 0.1) is 13.8 Å². The van der Waals surface area contributed by atoms with Crippen molar-refractivity contribution in [1.29, 1.82) is 0 Å². The van der Waals surface area contributed by atoms with E-state index < -0.39 is 0 Å². The van der Waals surface area contributed by atoms with Crippen LogP contribution in [0.3, 0.4) is 0 Å². The van der Waals surface area contributed by atoms with Crippen molar-refractivity contribution in [3.8, 4) is 0 Å². The lowest BCUT2D eigenvalue weighted by Crippen LogP contribution is -2.29. The first kappa shape index (κ1) is 13.7. The molecule has 3 aromatic rings. The molecule has 0 saturated carbocycles. The molecule has 0 radical (unpaired) electrons. The fraction of sp³-hybridized carbons (Fsp3) is 0.167. The Kier molecular flexibility index (Phi) is 3.69. The number of benzene rings is 2. The lowest BCUT2D eigenvalue weighted by atomic mass is 9.94. The Morgan fingerprint density at radius 2 is 1.81 bits per heavy atom. The highest BCUT2D eigenvalue weighted by atomic mass is 15.2. The molecule has 0 aliphatic heterocycles. The molecule has 1 heterocycles. The number of hydrazine groups is 1. The van der Waals surface area contributed by atoms with Crippen LogP contribution in [0.5, 0.6) is 0 Å². The maximum Gasteiger partial charge on any atom is 0.0753 e. The monoisotopic (exact) mass is 277 g/mol. The van der Waals surface area contributed by atoms with E-state index in [0.29, 0.717) is 0 Å². The zero-order chi connectivity index (χ0) is 14.8. The average molecular weight is 277 g/mol. The first-order valence-corrected chi connectivity index (χ1v) is 7.07. The van der Waals surface area contributed by atoms with Gasteiger partial charge < -0.3 is 0 Å². The van der Waals surface area contributed by atoms with Crippen LogP contribution in [0.25, 0.3) is 10.9 Å². The van der Waals surface area contributed by atoms with E-state index >= 15 is 0 Å². The smallest absolute Gasteiger partial charge is 0.0753 e. The molecule has 0 spiro atoms. The Balaban J connectivity index is 2.16. The van der Waals surface area contributed by atoms with Crippen molar-refractivity contribution in [2.45, 2.75) is 19.9 Å². The number of aromatic nitrogens is 1. The average Bonchev–Trinajstić information content (AvgIpc) is 2.52. The zero-order valence-electron chi connectivity index (χ0n) is 12.3. The van der Waals surface area contributed by atoms with E-state index in [4.69, 9.17) is 5.84 Å². The minimum atomic E-state index is -0.0668. The number of rotatable bonds is 3. The van der Waals surface area contributed by atoms with Crippen LogP contribution in [0.2, 0.25) is 0 Å². The third kappa shape index (κ3) is 2.53. The number of hydrogen-bond donors (Lipinski definition) is 2. The van der Waals surface area contributed by atoms with Crippen LogP contribution in [-0.2, 0) is 0 Å². The van der Waals surface area contributed by atoms with Crippen molar-refractivity contribution in [1.82, 2.24) is 10.4 Å². The van der Waals surface area contributed by atoms with Gasteiger partial charge in [0.15, 0.2) is 0 Å². The predicted molar refractivity (Wildman–Crippen MR) is 86.8 cm³/mol. The number of aryl methyl sites for hydroxylation is 2. The van der Waals surface area contributed by atoms with Gasteiger partial charge >= 0.3 is 0 Å². The number of nitrogens with two attached hydrogens (primary N) is 1. The number of pyridine rings is 1. The topological polar surface area (TPSA) is 50.9 Å². The Bertz CT molecular complexity index is 775. The molecule has 0 amide bonds. The molecular formula is C18H19N3. The van der Waals surface area contributed by atoms with Gasteiger partial charge in [-0.1, -0.05) is 42.5 Å². The highest BCUT2D eigenvalue weighted by molar-refractivity contribution is 5.82. The Morgan fingerprint density at radius 1 is 1.00 bits per heavy atom. The van der Waals surface area contributed by atoms with E-state index in [1.54, 1.807) is 0 Å². The quantitative estimate of drug-likeness (QED) is 0.570. The van der Waals surface area contributed by atoms with Crippen LogP contribution in [0.15, 0.2) is 54.7 Å². The standard InChI is InChI=1S/C18H19N3/c1-12-8-9-15(11-13(12)2)18(21-19)16-7-3-5-14-6-4-10-20-17(14)16/h3-11,18,21H,19H2,1-2H3. The summed E-state index contributed by atoms with van der Waals surface area (Å²) in [7, 11) is 0. The molecule has 3 nitrogen and oxygen atoms in total. The molecule has 1 aromatic heterocycles. The molecular weight excluding hydrogens is 258 g/mol. The molecule has 2 aromatic carbocycles. The number of nitrogens with one attached hydrogen (secondary N) is 1. The lowest BCUT2D eigenvalue weighted by molar-refractivity contribution is 0.639. The van der Waals surface area contributed by atoms with Gasteiger partial charge in [0, 0.05) is 17.1 Å². The van der Waals surface area contributed by atoms with E-state index in [9.17, 15) is 0 Å². The first-order chi connectivity index (χ1) is 10.2. The molecule has 0 aliphatic rings. The predicted octanol–water partition coefficient (Wildman–Crippen LogP) is 3.40. The SMILES string of the molecule is Cc1ccc(C(NN)c2cccc3cccnc23)cc1C. The van der Waals surface area contributed by atoms with E-state index in [2.05, 4.69) is 60.7 Å². The Morgan fingerprint density at radius 3 is 2.57 bits per heavy atom. The minimum Gasteiger partial charge on any atom is -0.271 e. The van der Waals surface area contributed by atoms with Gasteiger partial charge in [-0.3, -0.25) is 10.8 Å². The molecule has 0 fully saturated rings. The van der Waals surface area contributed by atoms with Crippen molar-refractivity contribution in [3.63, 3.8) is 0 Å². The summed E-state index contributed by atoms with van der Waals surface area (Å²) in [4.78, 5) is 4.52. The molecule has 0 saturated heterocycles. The van der Waals surface area contributed by atoms with E-state index in [1.807, 2.05) is 18.3 Å². The van der Waals surface area contributed by atoms with Crippen molar-refractivity contribution in [2.75, 3.05) is 0 Å². The van der Waals surface area contributed by atoms with Gasteiger partial charge in [-0.2, -0.15) is 0 Å². The summed E-state index contributed by atoms with van der Waals surface area (Å²) in [5.41, 5.74) is 8.72. The number of hydrogen-bond acceptors (Lipinski definition) is 3. The summed E-state index contributed by atoms with van der Waals surface area (Å²) >= 11 is 0. The van der Waals surface area contributed by atoms with Gasteiger partial charge in [0.05, 0.1) is 11.6 Å². The summed E-state index contributed by atoms with van der Waals surface area (Å²) in [6, 6.07) is 16.6. The third-order valence-electron chi connectivity index (χ3n) is 4.01. The van der Waals surface area contributed by atoms with Crippen LogP contribution in [0.4, 0.5) is 0 Å². The second-order valence-electron chi connectivity index (χ2n) is 5.37. The fourth-order valence-corrected chi connectivity index (χ4v) is 2.67. The van der Waals surface area contributed by atoms with E-state index in [-0.39, 0.29) is 6.04 Å². The lowest BCUT2D eigenvalue weighted by Gasteiger charge is -2.19. The first-order valence-electron chi connectivity index (χ1n) is 7.07. The molecule has 3 N–H and O–H groups in total. The van der Waals surface area contributed by atoms with E-state index in [0.717, 1.165) is 22.0 Å². The third-order valence-corrected chi connectivity index (χ3v) is 4.01. The second-order valence-corrected chi connectivity index (χ2v) is 5.37. The van der Waals surface area contributed by atoms with Crippen LogP contribution in [-0.4, -0.2) is 4.98 Å². The van der Waals surface area contributed by atoms with Gasteiger partial charge in [-0.15, -0.1) is 0 Å². The molecule has 106 valence electrons. The maximum atomic E-state index is 5.84. The van der Waals surface area contributed by atoms with Gasteiger partial charge in [-0.25, -0.2) is 5.43 Å². The molecule has 0 aliphatic carbocycles. The fourth-order valence-electron chi connectivity index (χ4n) is 2.67. The van der Waals surface area contributed by atoms with Crippen molar-refractivity contribution in [2.24, 2.45) is 5.84 Å². The van der Waals surface area contributed by atoms with E-state index in [1.165, 1.54) is 11.1 Å². The molecule has 3 rings (SSSR count). The molecule has 1 atom stereocenters. The van der Waals surface area contributed by atoms with Crippen LogP contribution >= 0.6 is 0 Å². The molecule has 3 heteroatoms. The van der Waals surface area contributed by atoms with Crippen LogP contribution in [0.1, 0.15) is 28.3 Å². The summed E-state index contributed by atoms with van der Waals surface area (Å²) in [5.74, 6) is 5.84. The number of nitrogens with zero attached hydrogens (tertiary/aromatic N) is 1. The minimum absolute atomic E-state index is 0.0668. The van der Waals surface area contributed by atoms with Gasteiger partial charge in [0.25, 0.3) is 0 Å². The molecule has 0 bridgehead atoms. The summed E-state index contributed by atoms with van der Waals surface area (Å²) in [6.45, 7) is 4.23. The van der Waals surface area contributed by atoms with Gasteiger partial charge in [-0.05, 0) is 36.6 Å². The Labute approximate surface area is 124 Å². The highest BCUT2D eigenvalue weighted by Crippen LogP contribution is 2.28. The Hall–Kier alpha value is -2.23. The van der Waals surface area contributed by atoms with Crippen molar-refractivity contribution in [3.05, 3.63) is 77.0 Å². The van der Waals surface area contributed by atoms with Crippen molar-refractivity contribution >= 4 is 10.9 Å². The second kappa shape index (κ2) is 5.64. The largest absolute Gasteiger partial charge is 0.271 e. The molecule has 21 heavy (non-hydrogen) atoms. The van der Waals surface area contributed by atoms with Gasteiger partial charge in [0.1, 0.15) is 0 Å².